The SMILES string of the molecule is CN(c1ccc2ncc(-c3cccc(C(=O)NCCO)c3)n2n1)C1CC1. The molecule has 1 saturated carbocycles. The second kappa shape index (κ2) is 6.76. The molecule has 1 aromatic carbocycles. The largest absolute Gasteiger partial charge is 0.395 e. The number of aromatic nitrogens is 3. The van der Waals surface area contributed by atoms with Crippen molar-refractivity contribution in [2.24, 2.45) is 0 Å². The van der Waals surface area contributed by atoms with E-state index in [4.69, 9.17) is 10.2 Å². The first kappa shape index (κ1) is 16.5. The zero-order valence-corrected chi connectivity index (χ0v) is 14.6. The quantitative estimate of drug-likeness (QED) is 0.707. The first-order valence-electron chi connectivity index (χ1n) is 8.74. The van der Waals surface area contributed by atoms with E-state index in [0.29, 0.717) is 11.6 Å². The molecule has 1 aliphatic carbocycles. The minimum atomic E-state index is -0.211. The molecule has 0 atom stereocenters. The summed E-state index contributed by atoms with van der Waals surface area (Å²) in [7, 11) is 2.06. The van der Waals surface area contributed by atoms with Crippen molar-refractivity contribution in [1.82, 2.24) is 19.9 Å². The van der Waals surface area contributed by atoms with Crippen LogP contribution in [0.5, 0.6) is 0 Å². The number of imidazole rings is 1. The van der Waals surface area contributed by atoms with Gasteiger partial charge in [-0.15, -0.1) is 5.10 Å². The third-order valence-electron chi connectivity index (χ3n) is 4.62. The summed E-state index contributed by atoms with van der Waals surface area (Å²) in [5, 5.41) is 16.3. The van der Waals surface area contributed by atoms with E-state index < -0.39 is 0 Å². The number of hydrogen-bond donors (Lipinski definition) is 2. The molecule has 2 aromatic heterocycles. The molecule has 1 amide bonds. The van der Waals surface area contributed by atoms with Crippen molar-refractivity contribution in [3.8, 4) is 11.3 Å². The van der Waals surface area contributed by atoms with Crippen molar-refractivity contribution >= 4 is 17.4 Å². The highest BCUT2D eigenvalue weighted by Crippen LogP contribution is 2.29. The number of nitrogens with zero attached hydrogens (tertiary/aromatic N) is 4. The van der Waals surface area contributed by atoms with Crippen LogP contribution in [0.4, 0.5) is 5.82 Å². The van der Waals surface area contributed by atoms with Gasteiger partial charge in [-0.2, -0.15) is 0 Å². The topological polar surface area (TPSA) is 82.8 Å². The van der Waals surface area contributed by atoms with Gasteiger partial charge in [0.2, 0.25) is 0 Å². The van der Waals surface area contributed by atoms with Gasteiger partial charge < -0.3 is 15.3 Å². The Bertz CT molecular complexity index is 948. The predicted octanol–water partition coefficient (Wildman–Crippen LogP) is 1.72. The van der Waals surface area contributed by atoms with Crippen molar-refractivity contribution in [1.29, 1.82) is 0 Å². The van der Waals surface area contributed by atoms with E-state index in [0.717, 1.165) is 22.7 Å². The Kier molecular flexibility index (Phi) is 4.30. The molecule has 2 heterocycles. The van der Waals surface area contributed by atoms with Gasteiger partial charge in [0.25, 0.3) is 5.91 Å². The Hall–Kier alpha value is -2.93. The molecule has 2 N–H and O–H groups in total. The van der Waals surface area contributed by atoms with Gasteiger partial charge in [0.1, 0.15) is 5.82 Å². The van der Waals surface area contributed by atoms with Gasteiger partial charge >= 0.3 is 0 Å². The molecule has 26 heavy (non-hydrogen) atoms. The summed E-state index contributed by atoms with van der Waals surface area (Å²) in [6.07, 6.45) is 4.18. The van der Waals surface area contributed by atoms with Gasteiger partial charge in [0.15, 0.2) is 5.65 Å². The number of amides is 1. The second-order valence-electron chi connectivity index (χ2n) is 6.51. The smallest absolute Gasteiger partial charge is 0.251 e. The number of carbonyl (C=O) groups excluding carboxylic acids is 1. The molecular formula is C19H21N5O2. The van der Waals surface area contributed by atoms with Crippen LogP contribution in [0.3, 0.4) is 0 Å². The van der Waals surface area contributed by atoms with Crippen LogP contribution in [0.15, 0.2) is 42.6 Å². The fraction of sp³-hybridized carbons (Fsp3) is 0.316. The molecule has 1 aliphatic rings. The maximum absolute atomic E-state index is 12.1. The van der Waals surface area contributed by atoms with Crippen molar-refractivity contribution < 1.29 is 9.90 Å². The molecule has 0 saturated heterocycles. The average Bonchev–Trinajstić information content (AvgIpc) is 3.44. The lowest BCUT2D eigenvalue weighted by Gasteiger charge is -2.17. The number of anilines is 1. The first-order valence-corrected chi connectivity index (χ1v) is 8.74. The highest BCUT2D eigenvalue weighted by Gasteiger charge is 2.27. The highest BCUT2D eigenvalue weighted by atomic mass is 16.3. The number of hydrogen-bond acceptors (Lipinski definition) is 5. The minimum absolute atomic E-state index is 0.0834. The molecule has 134 valence electrons. The number of benzene rings is 1. The van der Waals surface area contributed by atoms with Crippen LogP contribution >= 0.6 is 0 Å². The lowest BCUT2D eigenvalue weighted by Crippen LogP contribution is -2.26. The van der Waals surface area contributed by atoms with Crippen molar-refractivity contribution in [3.63, 3.8) is 0 Å². The fourth-order valence-corrected chi connectivity index (χ4v) is 2.99. The van der Waals surface area contributed by atoms with Gasteiger partial charge in [0, 0.05) is 30.8 Å². The molecule has 0 unspecified atom stereocenters. The second-order valence-corrected chi connectivity index (χ2v) is 6.51. The summed E-state index contributed by atoms with van der Waals surface area (Å²) in [4.78, 5) is 18.8. The molecular weight excluding hydrogens is 330 g/mol. The van der Waals surface area contributed by atoms with E-state index in [-0.39, 0.29) is 19.1 Å². The van der Waals surface area contributed by atoms with Crippen molar-refractivity contribution in [3.05, 3.63) is 48.2 Å². The lowest BCUT2D eigenvalue weighted by atomic mass is 10.1. The summed E-state index contributed by atoms with van der Waals surface area (Å²) in [5.74, 6) is 0.702. The van der Waals surface area contributed by atoms with Gasteiger partial charge in [-0.05, 0) is 37.1 Å². The number of nitrogens with one attached hydrogen (secondary N) is 1. The van der Waals surface area contributed by atoms with Crippen LogP contribution in [0.1, 0.15) is 23.2 Å². The Morgan fingerprint density at radius 2 is 2.19 bits per heavy atom. The van der Waals surface area contributed by atoms with Crippen LogP contribution in [0, 0.1) is 0 Å². The van der Waals surface area contributed by atoms with Crippen LogP contribution in [-0.4, -0.2) is 51.9 Å². The lowest BCUT2D eigenvalue weighted by molar-refractivity contribution is 0.0945. The van der Waals surface area contributed by atoms with E-state index in [9.17, 15) is 4.79 Å². The van der Waals surface area contributed by atoms with Gasteiger partial charge in [-0.25, -0.2) is 9.50 Å². The van der Waals surface area contributed by atoms with Crippen LogP contribution in [-0.2, 0) is 0 Å². The minimum Gasteiger partial charge on any atom is -0.395 e. The number of carbonyl (C=O) groups is 1. The van der Waals surface area contributed by atoms with E-state index in [1.165, 1.54) is 12.8 Å². The van der Waals surface area contributed by atoms with Gasteiger partial charge in [-0.1, -0.05) is 12.1 Å². The molecule has 0 radical (unpaired) electrons. The predicted molar refractivity (Wildman–Crippen MR) is 99.3 cm³/mol. The Labute approximate surface area is 151 Å². The normalized spacial score (nSPS) is 13.8. The van der Waals surface area contributed by atoms with Gasteiger partial charge in [0.05, 0.1) is 18.5 Å². The number of fused-ring (bicyclic) bond motifs is 1. The third-order valence-corrected chi connectivity index (χ3v) is 4.62. The molecule has 0 aliphatic heterocycles. The zero-order chi connectivity index (χ0) is 18.1. The molecule has 4 rings (SSSR count). The van der Waals surface area contributed by atoms with Crippen molar-refractivity contribution in [2.45, 2.75) is 18.9 Å². The highest BCUT2D eigenvalue weighted by molar-refractivity contribution is 5.95. The fourth-order valence-electron chi connectivity index (χ4n) is 2.99. The van der Waals surface area contributed by atoms with Crippen molar-refractivity contribution in [2.75, 3.05) is 25.1 Å². The zero-order valence-electron chi connectivity index (χ0n) is 14.6. The van der Waals surface area contributed by atoms with E-state index in [1.54, 1.807) is 12.3 Å². The Morgan fingerprint density at radius 1 is 1.35 bits per heavy atom. The maximum Gasteiger partial charge on any atom is 0.251 e. The first-order chi connectivity index (χ1) is 12.7. The Balaban J connectivity index is 1.70. The summed E-state index contributed by atoms with van der Waals surface area (Å²) in [6.45, 7) is 0.150. The number of rotatable bonds is 6. The van der Waals surface area contributed by atoms with Crippen LogP contribution in [0.25, 0.3) is 16.9 Å². The number of aliphatic hydroxyl groups is 1. The molecule has 0 spiro atoms. The summed E-state index contributed by atoms with van der Waals surface area (Å²) < 4.78 is 1.82. The monoisotopic (exact) mass is 351 g/mol. The summed E-state index contributed by atoms with van der Waals surface area (Å²) in [5.41, 5.74) is 3.01. The van der Waals surface area contributed by atoms with E-state index >= 15 is 0 Å². The molecule has 0 bridgehead atoms. The summed E-state index contributed by atoms with van der Waals surface area (Å²) in [6, 6.07) is 11.9. The van der Waals surface area contributed by atoms with E-state index in [1.807, 2.05) is 34.8 Å². The Morgan fingerprint density at radius 3 is 2.96 bits per heavy atom. The molecule has 7 nitrogen and oxygen atoms in total. The van der Waals surface area contributed by atoms with Gasteiger partial charge in [-0.3, -0.25) is 4.79 Å². The average molecular weight is 351 g/mol. The summed E-state index contributed by atoms with van der Waals surface area (Å²) >= 11 is 0. The molecule has 1 fully saturated rings. The number of aliphatic hydroxyl groups excluding tert-OH is 1. The standard InChI is InChI=1S/C19H21N5O2/c1-23(15-5-6-15)18-8-7-17-21-12-16(24(17)22-18)13-3-2-4-14(11-13)19(26)20-9-10-25/h2-4,7-8,11-12,15,25H,5-6,9-10H2,1H3,(H,20,26). The van der Waals surface area contributed by atoms with E-state index in [2.05, 4.69) is 22.2 Å². The van der Waals surface area contributed by atoms with Crippen LogP contribution in [0.2, 0.25) is 0 Å². The third kappa shape index (κ3) is 3.13. The van der Waals surface area contributed by atoms with Crippen LogP contribution < -0.4 is 10.2 Å². The molecule has 7 heteroatoms. The maximum atomic E-state index is 12.1. The molecule has 3 aromatic rings.